The smallest absolute Gasteiger partial charge is 0.338 e. The van der Waals surface area contributed by atoms with Crippen LogP contribution in [0.2, 0.25) is 0 Å². The molecule has 0 aliphatic heterocycles. The Morgan fingerprint density at radius 2 is 1.85 bits per heavy atom. The van der Waals surface area contributed by atoms with Gasteiger partial charge in [0.2, 0.25) is 0 Å². The Balaban J connectivity index is 1.75. The first-order chi connectivity index (χ1) is 12.3. The van der Waals surface area contributed by atoms with Crippen molar-refractivity contribution in [1.29, 1.82) is 0 Å². The van der Waals surface area contributed by atoms with Crippen molar-refractivity contribution in [3.63, 3.8) is 0 Å². The highest BCUT2D eigenvalue weighted by Gasteiger charge is 2.29. The summed E-state index contributed by atoms with van der Waals surface area (Å²) in [5, 5.41) is 7.56. The first kappa shape index (κ1) is 20.3. The maximum Gasteiger partial charge on any atom is 0.416 e. The molecule has 0 aliphatic rings. The summed E-state index contributed by atoms with van der Waals surface area (Å²) < 4.78 is 37.6. The average Bonchev–Trinajstić information content (AvgIpc) is 3.08. The number of carbonyl (C=O) groups is 1. The van der Waals surface area contributed by atoms with Gasteiger partial charge in [-0.15, -0.1) is 11.3 Å². The number of hydrogen-bond acceptors (Lipinski definition) is 3. The van der Waals surface area contributed by atoms with Crippen molar-refractivity contribution in [2.45, 2.75) is 18.6 Å². The molecule has 2 N–H and O–H groups in total. The standard InChI is InChI=1S/C18H22F3N3OS/c1-24(2)15(16-4-3-11-26-16)12-23-17(25)22-10-9-13-5-7-14(8-6-13)18(19,20)21/h3-8,11,15H,9-10,12H2,1-2H3,(H2,22,23,25). The maximum atomic E-state index is 12.5. The normalized spacial score (nSPS) is 12.8. The molecule has 0 aliphatic carbocycles. The predicted octanol–water partition coefficient (Wildman–Crippen LogP) is 3.91. The van der Waals surface area contributed by atoms with E-state index in [1.54, 1.807) is 11.3 Å². The molecular formula is C18H22F3N3OS. The number of amides is 2. The number of alkyl halides is 3. The van der Waals surface area contributed by atoms with Gasteiger partial charge in [-0.3, -0.25) is 0 Å². The lowest BCUT2D eigenvalue weighted by Crippen LogP contribution is -2.41. The number of benzene rings is 1. The van der Waals surface area contributed by atoms with Gasteiger partial charge in [-0.2, -0.15) is 13.2 Å². The van der Waals surface area contributed by atoms with E-state index < -0.39 is 11.7 Å². The molecule has 26 heavy (non-hydrogen) atoms. The number of urea groups is 1. The zero-order valence-electron chi connectivity index (χ0n) is 14.6. The lowest BCUT2D eigenvalue weighted by molar-refractivity contribution is -0.137. The molecule has 8 heteroatoms. The van der Waals surface area contributed by atoms with Gasteiger partial charge in [0.05, 0.1) is 11.6 Å². The minimum atomic E-state index is -4.33. The summed E-state index contributed by atoms with van der Waals surface area (Å²) in [6.45, 7) is 0.822. The van der Waals surface area contributed by atoms with E-state index in [1.165, 1.54) is 17.0 Å². The van der Waals surface area contributed by atoms with Gasteiger partial charge in [0, 0.05) is 18.0 Å². The number of carbonyl (C=O) groups excluding carboxylic acids is 1. The Labute approximate surface area is 155 Å². The van der Waals surface area contributed by atoms with Crippen LogP contribution >= 0.6 is 11.3 Å². The highest BCUT2D eigenvalue weighted by Crippen LogP contribution is 2.29. The summed E-state index contributed by atoms with van der Waals surface area (Å²) in [7, 11) is 3.91. The van der Waals surface area contributed by atoms with Crippen LogP contribution in [0, 0.1) is 0 Å². The maximum absolute atomic E-state index is 12.5. The van der Waals surface area contributed by atoms with Crippen molar-refractivity contribution in [3.05, 3.63) is 57.8 Å². The molecule has 0 bridgehead atoms. The second kappa shape index (κ2) is 9.05. The van der Waals surface area contributed by atoms with Crippen molar-refractivity contribution >= 4 is 17.4 Å². The van der Waals surface area contributed by atoms with E-state index in [-0.39, 0.29) is 12.1 Å². The molecule has 0 spiro atoms. The van der Waals surface area contributed by atoms with Crippen LogP contribution in [0.25, 0.3) is 0 Å². The van der Waals surface area contributed by atoms with Crippen LogP contribution in [0.5, 0.6) is 0 Å². The molecular weight excluding hydrogens is 363 g/mol. The van der Waals surface area contributed by atoms with Crippen molar-refractivity contribution in [2.75, 3.05) is 27.2 Å². The number of hydrogen-bond donors (Lipinski definition) is 2. The molecule has 2 aromatic rings. The topological polar surface area (TPSA) is 44.4 Å². The van der Waals surface area contributed by atoms with Gasteiger partial charge in [-0.05, 0) is 49.7 Å². The molecule has 1 atom stereocenters. The summed E-state index contributed by atoms with van der Waals surface area (Å²) in [5.41, 5.74) is 0.0679. The molecule has 2 rings (SSSR count). The molecule has 1 aromatic carbocycles. The van der Waals surface area contributed by atoms with Crippen LogP contribution in [0.15, 0.2) is 41.8 Å². The van der Waals surface area contributed by atoms with Gasteiger partial charge in [-0.25, -0.2) is 4.79 Å². The molecule has 1 unspecified atom stereocenters. The number of nitrogens with one attached hydrogen (secondary N) is 2. The highest BCUT2D eigenvalue weighted by molar-refractivity contribution is 7.10. The van der Waals surface area contributed by atoms with E-state index >= 15 is 0 Å². The third-order valence-corrected chi connectivity index (χ3v) is 4.90. The largest absolute Gasteiger partial charge is 0.416 e. The fourth-order valence-corrected chi connectivity index (χ4v) is 3.37. The number of halogens is 3. The second-order valence-corrected chi connectivity index (χ2v) is 7.06. The number of nitrogens with zero attached hydrogens (tertiary/aromatic N) is 1. The van der Waals surface area contributed by atoms with E-state index in [0.717, 1.165) is 17.7 Å². The lowest BCUT2D eigenvalue weighted by Gasteiger charge is -2.23. The molecule has 1 heterocycles. The Morgan fingerprint density at radius 1 is 1.15 bits per heavy atom. The fourth-order valence-electron chi connectivity index (χ4n) is 2.45. The van der Waals surface area contributed by atoms with E-state index in [9.17, 15) is 18.0 Å². The monoisotopic (exact) mass is 385 g/mol. The summed E-state index contributed by atoms with van der Waals surface area (Å²) >= 11 is 1.64. The van der Waals surface area contributed by atoms with Gasteiger partial charge in [-0.1, -0.05) is 18.2 Å². The third-order valence-electron chi connectivity index (χ3n) is 3.93. The van der Waals surface area contributed by atoms with Gasteiger partial charge in [0.25, 0.3) is 0 Å². The summed E-state index contributed by atoms with van der Waals surface area (Å²) in [6.07, 6.45) is -3.87. The highest BCUT2D eigenvalue weighted by atomic mass is 32.1. The van der Waals surface area contributed by atoms with Crippen LogP contribution in [-0.4, -0.2) is 38.1 Å². The van der Waals surface area contributed by atoms with E-state index in [1.807, 2.05) is 36.5 Å². The summed E-state index contributed by atoms with van der Waals surface area (Å²) in [4.78, 5) is 15.1. The minimum Gasteiger partial charge on any atom is -0.338 e. The minimum absolute atomic E-state index is 0.0932. The number of thiophene rings is 1. The van der Waals surface area contributed by atoms with Crippen LogP contribution < -0.4 is 10.6 Å². The first-order valence-electron chi connectivity index (χ1n) is 8.15. The van der Waals surface area contributed by atoms with Gasteiger partial charge >= 0.3 is 12.2 Å². The Morgan fingerprint density at radius 3 is 2.38 bits per heavy atom. The predicted molar refractivity (Wildman–Crippen MR) is 97.3 cm³/mol. The van der Waals surface area contributed by atoms with Gasteiger partial charge < -0.3 is 15.5 Å². The average molecular weight is 385 g/mol. The zero-order valence-corrected chi connectivity index (χ0v) is 15.5. The lowest BCUT2D eigenvalue weighted by atomic mass is 10.1. The molecule has 2 amide bonds. The molecule has 0 saturated carbocycles. The Bertz CT molecular complexity index is 685. The molecule has 0 saturated heterocycles. The second-order valence-electron chi connectivity index (χ2n) is 6.08. The molecule has 1 aromatic heterocycles. The Kier molecular flexibility index (Phi) is 7.05. The van der Waals surface area contributed by atoms with Crippen LogP contribution in [0.1, 0.15) is 22.0 Å². The zero-order chi connectivity index (χ0) is 19.2. The molecule has 0 radical (unpaired) electrons. The van der Waals surface area contributed by atoms with E-state index in [2.05, 4.69) is 10.6 Å². The summed E-state index contributed by atoms with van der Waals surface area (Å²) in [6, 6.07) is 8.77. The fraction of sp³-hybridized carbons (Fsp3) is 0.389. The van der Waals surface area contributed by atoms with E-state index in [4.69, 9.17) is 0 Å². The molecule has 0 fully saturated rings. The number of rotatable bonds is 7. The third kappa shape index (κ3) is 6.03. The summed E-state index contributed by atoms with van der Waals surface area (Å²) in [5.74, 6) is 0. The van der Waals surface area contributed by atoms with Crippen LogP contribution in [0.4, 0.5) is 18.0 Å². The SMILES string of the molecule is CN(C)C(CNC(=O)NCCc1ccc(C(F)(F)F)cc1)c1cccs1. The number of likely N-dealkylation sites (N-methyl/N-ethyl adjacent to an activating group) is 1. The van der Waals surface area contributed by atoms with E-state index in [0.29, 0.717) is 19.5 Å². The quantitative estimate of drug-likeness (QED) is 0.759. The van der Waals surface area contributed by atoms with Crippen molar-refractivity contribution in [2.24, 2.45) is 0 Å². The van der Waals surface area contributed by atoms with Crippen molar-refractivity contribution in [3.8, 4) is 0 Å². The van der Waals surface area contributed by atoms with Crippen LogP contribution in [-0.2, 0) is 12.6 Å². The Hall–Kier alpha value is -2.06. The molecule has 142 valence electrons. The first-order valence-corrected chi connectivity index (χ1v) is 9.03. The van der Waals surface area contributed by atoms with Crippen molar-refractivity contribution < 1.29 is 18.0 Å². The molecule has 4 nitrogen and oxygen atoms in total. The van der Waals surface area contributed by atoms with Gasteiger partial charge in [0.1, 0.15) is 0 Å². The van der Waals surface area contributed by atoms with Crippen LogP contribution in [0.3, 0.4) is 0 Å². The van der Waals surface area contributed by atoms with Gasteiger partial charge in [0.15, 0.2) is 0 Å². The van der Waals surface area contributed by atoms with Crippen molar-refractivity contribution in [1.82, 2.24) is 15.5 Å².